The number of halogens is 2. The second kappa shape index (κ2) is 7.54. The van der Waals surface area contributed by atoms with Crippen molar-refractivity contribution in [3.05, 3.63) is 46.6 Å². The molecule has 1 aromatic carbocycles. The van der Waals surface area contributed by atoms with Crippen molar-refractivity contribution in [3.63, 3.8) is 0 Å². The molecule has 0 unspecified atom stereocenters. The number of pyridine rings is 1. The molecular formula is C14H13Cl2N3OS. The molecule has 4 nitrogen and oxygen atoms in total. The second-order valence-electron chi connectivity index (χ2n) is 4.18. The van der Waals surface area contributed by atoms with Crippen LogP contribution in [0.25, 0.3) is 0 Å². The number of nitrogens with zero attached hydrogens (tertiary/aromatic N) is 1. The van der Waals surface area contributed by atoms with Gasteiger partial charge in [-0.2, -0.15) is 0 Å². The zero-order valence-electron chi connectivity index (χ0n) is 11.0. The van der Waals surface area contributed by atoms with Gasteiger partial charge in [0, 0.05) is 24.1 Å². The van der Waals surface area contributed by atoms with Crippen molar-refractivity contribution in [3.8, 4) is 0 Å². The van der Waals surface area contributed by atoms with Crippen molar-refractivity contribution in [2.24, 2.45) is 0 Å². The Hall–Kier alpha value is -1.43. The molecule has 2 rings (SSSR count). The van der Waals surface area contributed by atoms with Gasteiger partial charge in [-0.3, -0.25) is 4.79 Å². The van der Waals surface area contributed by atoms with Crippen molar-refractivity contribution >= 4 is 52.2 Å². The quantitative estimate of drug-likeness (QED) is 0.634. The highest BCUT2D eigenvalue weighted by Gasteiger charge is 2.08. The lowest BCUT2D eigenvalue weighted by Crippen LogP contribution is -2.12. The minimum atomic E-state index is -0.124. The fourth-order valence-corrected chi connectivity index (χ4v) is 2.91. The number of carbonyl (C=O) groups excluding carboxylic acids is 1. The van der Waals surface area contributed by atoms with Gasteiger partial charge in [0.1, 0.15) is 5.03 Å². The summed E-state index contributed by atoms with van der Waals surface area (Å²) >= 11 is 13.4. The van der Waals surface area contributed by atoms with Crippen molar-refractivity contribution < 1.29 is 4.79 Å². The highest BCUT2D eigenvalue weighted by molar-refractivity contribution is 7.99. The Bertz CT molecular complexity index is 652. The fourth-order valence-electron chi connectivity index (χ4n) is 1.56. The van der Waals surface area contributed by atoms with Gasteiger partial charge in [-0.05, 0) is 30.3 Å². The summed E-state index contributed by atoms with van der Waals surface area (Å²) in [5.74, 6) is 0.455. The molecule has 2 aromatic rings. The van der Waals surface area contributed by atoms with E-state index in [2.05, 4.69) is 10.3 Å². The summed E-state index contributed by atoms with van der Waals surface area (Å²) in [6.07, 6.45) is 2.00. The van der Waals surface area contributed by atoms with Gasteiger partial charge in [0.2, 0.25) is 5.91 Å². The van der Waals surface area contributed by atoms with E-state index in [1.54, 1.807) is 36.5 Å². The van der Waals surface area contributed by atoms with Gasteiger partial charge in [0.05, 0.1) is 15.7 Å². The molecule has 0 fully saturated rings. The molecule has 1 aromatic heterocycles. The van der Waals surface area contributed by atoms with Gasteiger partial charge in [0.15, 0.2) is 0 Å². The van der Waals surface area contributed by atoms with Crippen molar-refractivity contribution in [2.45, 2.75) is 11.4 Å². The molecule has 21 heavy (non-hydrogen) atoms. The maximum atomic E-state index is 11.9. The number of nitrogen functional groups attached to an aromatic ring is 1. The first-order valence-electron chi connectivity index (χ1n) is 6.14. The molecule has 0 atom stereocenters. The number of anilines is 2. The van der Waals surface area contributed by atoms with E-state index in [4.69, 9.17) is 28.9 Å². The summed E-state index contributed by atoms with van der Waals surface area (Å²) in [5.41, 5.74) is 6.70. The van der Waals surface area contributed by atoms with E-state index in [1.165, 1.54) is 11.8 Å². The number of amides is 1. The van der Waals surface area contributed by atoms with Crippen LogP contribution in [0.5, 0.6) is 0 Å². The standard InChI is InChI=1S/C14H13Cl2N3OS/c15-10-2-1-6-18-14(10)21-7-5-13(20)19-12-4-3-9(17)8-11(12)16/h1-4,6,8H,5,7,17H2,(H,19,20). The van der Waals surface area contributed by atoms with Crippen molar-refractivity contribution in [2.75, 3.05) is 16.8 Å². The predicted octanol–water partition coefficient (Wildman–Crippen LogP) is 4.09. The maximum Gasteiger partial charge on any atom is 0.225 e. The van der Waals surface area contributed by atoms with Crippen molar-refractivity contribution in [1.29, 1.82) is 0 Å². The van der Waals surface area contributed by atoms with Crippen molar-refractivity contribution in [1.82, 2.24) is 4.98 Å². The van der Waals surface area contributed by atoms with Gasteiger partial charge in [0.25, 0.3) is 0 Å². The third-order valence-electron chi connectivity index (χ3n) is 2.56. The lowest BCUT2D eigenvalue weighted by molar-refractivity contribution is -0.115. The number of nitrogens with two attached hydrogens (primary N) is 1. The van der Waals surface area contributed by atoms with Gasteiger partial charge in [-0.1, -0.05) is 23.2 Å². The van der Waals surface area contributed by atoms with Gasteiger partial charge in [-0.25, -0.2) is 4.98 Å². The molecule has 0 spiro atoms. The average Bonchev–Trinajstić information content (AvgIpc) is 2.44. The predicted molar refractivity (Wildman–Crippen MR) is 89.1 cm³/mol. The van der Waals surface area contributed by atoms with Crippen LogP contribution in [0.3, 0.4) is 0 Å². The molecular weight excluding hydrogens is 329 g/mol. The Morgan fingerprint density at radius 3 is 2.81 bits per heavy atom. The van der Waals surface area contributed by atoms with E-state index in [9.17, 15) is 4.79 Å². The van der Waals surface area contributed by atoms with Crippen LogP contribution in [0.15, 0.2) is 41.6 Å². The second-order valence-corrected chi connectivity index (χ2v) is 6.07. The number of nitrogens with one attached hydrogen (secondary N) is 1. The number of hydrogen-bond acceptors (Lipinski definition) is 4. The normalized spacial score (nSPS) is 10.4. The number of thioether (sulfide) groups is 1. The SMILES string of the molecule is Nc1ccc(NC(=O)CCSc2ncccc2Cl)c(Cl)c1. The highest BCUT2D eigenvalue weighted by Crippen LogP contribution is 2.26. The third kappa shape index (κ3) is 4.81. The van der Waals surface area contributed by atoms with E-state index in [-0.39, 0.29) is 5.91 Å². The topological polar surface area (TPSA) is 68.0 Å². The third-order valence-corrected chi connectivity index (χ3v) is 4.30. The minimum absolute atomic E-state index is 0.124. The molecule has 0 saturated carbocycles. The zero-order chi connectivity index (χ0) is 15.2. The van der Waals surface area contributed by atoms with E-state index in [1.807, 2.05) is 0 Å². The molecule has 0 aliphatic heterocycles. The van der Waals surface area contributed by atoms with Gasteiger partial charge < -0.3 is 11.1 Å². The molecule has 1 heterocycles. The van der Waals surface area contributed by atoms with E-state index in [0.29, 0.717) is 33.6 Å². The summed E-state index contributed by atoms with van der Waals surface area (Å²) in [4.78, 5) is 16.0. The molecule has 0 aliphatic rings. The number of benzene rings is 1. The van der Waals surface area contributed by atoms with Gasteiger partial charge >= 0.3 is 0 Å². The van der Waals surface area contributed by atoms with Crippen LogP contribution >= 0.6 is 35.0 Å². The lowest BCUT2D eigenvalue weighted by Gasteiger charge is -2.08. The number of hydrogen-bond donors (Lipinski definition) is 2. The molecule has 3 N–H and O–H groups in total. The Kier molecular flexibility index (Phi) is 5.73. The minimum Gasteiger partial charge on any atom is -0.399 e. The monoisotopic (exact) mass is 341 g/mol. The van der Waals surface area contributed by atoms with Crippen LogP contribution in [-0.2, 0) is 4.79 Å². The van der Waals surface area contributed by atoms with E-state index >= 15 is 0 Å². The Labute approximate surface area is 137 Å². The molecule has 1 amide bonds. The molecule has 7 heteroatoms. The summed E-state index contributed by atoms with van der Waals surface area (Å²) < 4.78 is 0. The molecule has 0 bridgehead atoms. The first-order chi connectivity index (χ1) is 10.1. The summed E-state index contributed by atoms with van der Waals surface area (Å²) in [6.45, 7) is 0. The summed E-state index contributed by atoms with van der Waals surface area (Å²) in [5, 5.41) is 4.47. The van der Waals surface area contributed by atoms with Crippen LogP contribution in [-0.4, -0.2) is 16.6 Å². The first kappa shape index (κ1) is 15.9. The van der Waals surface area contributed by atoms with E-state index in [0.717, 1.165) is 5.03 Å². The fraction of sp³-hybridized carbons (Fsp3) is 0.143. The number of aromatic nitrogens is 1. The number of rotatable bonds is 5. The Morgan fingerprint density at radius 2 is 2.10 bits per heavy atom. The van der Waals surface area contributed by atoms with Crippen LogP contribution in [0.4, 0.5) is 11.4 Å². The molecule has 0 radical (unpaired) electrons. The molecule has 110 valence electrons. The zero-order valence-corrected chi connectivity index (χ0v) is 13.3. The maximum absolute atomic E-state index is 11.9. The first-order valence-corrected chi connectivity index (χ1v) is 7.88. The van der Waals surface area contributed by atoms with Crippen LogP contribution < -0.4 is 11.1 Å². The smallest absolute Gasteiger partial charge is 0.225 e. The van der Waals surface area contributed by atoms with Crippen LogP contribution in [0, 0.1) is 0 Å². The largest absolute Gasteiger partial charge is 0.399 e. The lowest BCUT2D eigenvalue weighted by atomic mass is 10.3. The molecule has 0 aliphatic carbocycles. The Morgan fingerprint density at radius 1 is 1.29 bits per heavy atom. The average molecular weight is 342 g/mol. The van der Waals surface area contributed by atoms with Crippen LogP contribution in [0.1, 0.15) is 6.42 Å². The van der Waals surface area contributed by atoms with Gasteiger partial charge in [-0.15, -0.1) is 11.8 Å². The van der Waals surface area contributed by atoms with Crippen LogP contribution in [0.2, 0.25) is 10.0 Å². The highest BCUT2D eigenvalue weighted by atomic mass is 35.5. The van der Waals surface area contributed by atoms with E-state index < -0.39 is 0 Å². The summed E-state index contributed by atoms with van der Waals surface area (Å²) in [6, 6.07) is 8.50. The Balaban J connectivity index is 1.84. The molecule has 0 saturated heterocycles. The summed E-state index contributed by atoms with van der Waals surface area (Å²) in [7, 11) is 0. The number of carbonyl (C=O) groups is 1.